The van der Waals surface area contributed by atoms with Gasteiger partial charge in [-0.05, 0) is 29.8 Å². The highest BCUT2D eigenvalue weighted by molar-refractivity contribution is 5.94. The Labute approximate surface area is 162 Å². The Balaban J connectivity index is 1.62. The summed E-state index contributed by atoms with van der Waals surface area (Å²) >= 11 is 0. The van der Waals surface area contributed by atoms with E-state index in [2.05, 4.69) is 20.3 Å². The second kappa shape index (κ2) is 7.38. The van der Waals surface area contributed by atoms with Gasteiger partial charge in [0, 0.05) is 5.69 Å². The first-order chi connectivity index (χ1) is 13.9. The van der Waals surface area contributed by atoms with Gasteiger partial charge >= 0.3 is 6.18 Å². The number of nitrogens with zero attached hydrogens (tertiary/aromatic N) is 5. The maximum absolute atomic E-state index is 13.1. The zero-order valence-corrected chi connectivity index (χ0v) is 15.0. The number of carbonyl (C=O) groups is 1. The van der Waals surface area contributed by atoms with E-state index >= 15 is 0 Å². The molecule has 0 fully saturated rings. The molecule has 0 bridgehead atoms. The number of aromatic amines is 1. The molecule has 4 aromatic rings. The zero-order chi connectivity index (χ0) is 20.4. The van der Waals surface area contributed by atoms with Crippen LogP contribution in [0.5, 0.6) is 0 Å². The summed E-state index contributed by atoms with van der Waals surface area (Å²) in [6.45, 7) is -1.76. The highest BCUT2D eigenvalue weighted by Gasteiger charge is 2.34. The third-order valence-electron chi connectivity index (χ3n) is 4.33. The molecule has 0 aliphatic heterocycles. The van der Waals surface area contributed by atoms with E-state index in [0.29, 0.717) is 15.9 Å². The highest BCUT2D eigenvalue weighted by atomic mass is 19.4. The number of nitrogens with one attached hydrogen (secondary N) is 1. The maximum atomic E-state index is 13.1. The van der Waals surface area contributed by atoms with Crippen LogP contribution in [0.2, 0.25) is 0 Å². The van der Waals surface area contributed by atoms with Gasteiger partial charge in [-0.1, -0.05) is 29.5 Å². The molecule has 29 heavy (non-hydrogen) atoms. The van der Waals surface area contributed by atoms with Crippen LogP contribution in [0.1, 0.15) is 0 Å². The quantitative estimate of drug-likeness (QED) is 0.557. The number of para-hydroxylation sites is 1. The molecule has 0 saturated carbocycles. The van der Waals surface area contributed by atoms with Gasteiger partial charge in [-0.3, -0.25) is 4.79 Å². The molecule has 2 heterocycles. The molecule has 7 nitrogen and oxygen atoms in total. The van der Waals surface area contributed by atoms with Gasteiger partial charge in [0.25, 0.3) is 0 Å². The molecule has 0 saturated heterocycles. The number of imidazole rings is 1. The smallest absolute Gasteiger partial charge is 0.345 e. The van der Waals surface area contributed by atoms with E-state index < -0.39 is 18.6 Å². The molecular weight excluding hydrogens is 385 g/mol. The molecule has 0 spiro atoms. The molecule has 0 radical (unpaired) electrons. The van der Waals surface area contributed by atoms with Crippen molar-refractivity contribution in [2.75, 3.05) is 11.4 Å². The van der Waals surface area contributed by atoms with Crippen LogP contribution in [-0.2, 0) is 11.3 Å². The van der Waals surface area contributed by atoms with Gasteiger partial charge in [-0.2, -0.15) is 13.2 Å². The van der Waals surface area contributed by atoms with Crippen LogP contribution in [0.3, 0.4) is 0 Å². The number of aromatic nitrogens is 5. The highest BCUT2D eigenvalue weighted by Crippen LogP contribution is 2.26. The lowest BCUT2D eigenvalue weighted by Gasteiger charge is -2.24. The molecule has 4 rings (SSSR count). The lowest BCUT2D eigenvalue weighted by Crippen LogP contribution is -2.41. The normalized spacial score (nSPS) is 11.7. The van der Waals surface area contributed by atoms with Crippen molar-refractivity contribution >= 4 is 22.6 Å². The van der Waals surface area contributed by atoms with Crippen LogP contribution in [-0.4, -0.2) is 43.6 Å². The van der Waals surface area contributed by atoms with Crippen LogP contribution in [0.25, 0.3) is 22.3 Å². The molecule has 2 aromatic heterocycles. The number of hydrogen-bond acceptors (Lipinski definition) is 4. The fourth-order valence-corrected chi connectivity index (χ4v) is 2.99. The fourth-order valence-electron chi connectivity index (χ4n) is 2.99. The summed E-state index contributed by atoms with van der Waals surface area (Å²) in [5.41, 5.74) is 2.74. The average Bonchev–Trinajstić information content (AvgIpc) is 3.36. The number of carbonyl (C=O) groups excluding carboxylic acids is 1. The lowest BCUT2D eigenvalue weighted by atomic mass is 10.1. The van der Waals surface area contributed by atoms with Crippen molar-refractivity contribution in [3.63, 3.8) is 0 Å². The second-order valence-corrected chi connectivity index (χ2v) is 6.34. The first-order valence-corrected chi connectivity index (χ1v) is 8.65. The predicted molar refractivity (Wildman–Crippen MR) is 100.0 cm³/mol. The van der Waals surface area contributed by atoms with Gasteiger partial charge in [-0.15, -0.1) is 5.10 Å². The third-order valence-corrected chi connectivity index (χ3v) is 4.33. The average molecular weight is 400 g/mol. The minimum Gasteiger partial charge on any atom is -0.345 e. The molecule has 2 aromatic carbocycles. The Kier molecular flexibility index (Phi) is 4.75. The van der Waals surface area contributed by atoms with Gasteiger partial charge in [0.1, 0.15) is 18.6 Å². The minimum atomic E-state index is -4.55. The van der Waals surface area contributed by atoms with E-state index in [9.17, 15) is 18.0 Å². The molecule has 1 amide bonds. The third kappa shape index (κ3) is 4.10. The first kappa shape index (κ1) is 18.7. The number of halogens is 3. The van der Waals surface area contributed by atoms with Gasteiger partial charge in [0.15, 0.2) is 0 Å². The zero-order valence-electron chi connectivity index (χ0n) is 15.0. The van der Waals surface area contributed by atoms with Crippen molar-refractivity contribution in [2.45, 2.75) is 12.7 Å². The molecule has 10 heteroatoms. The van der Waals surface area contributed by atoms with Crippen LogP contribution in [0, 0.1) is 0 Å². The Morgan fingerprint density at radius 1 is 1.10 bits per heavy atom. The van der Waals surface area contributed by atoms with E-state index in [-0.39, 0.29) is 12.2 Å². The Bertz CT molecular complexity index is 1120. The first-order valence-electron chi connectivity index (χ1n) is 8.65. The summed E-state index contributed by atoms with van der Waals surface area (Å²) in [6, 6.07) is 13.1. The molecule has 0 atom stereocenters. The predicted octanol–water partition coefficient (Wildman–Crippen LogP) is 3.42. The minimum absolute atomic E-state index is 0.139. The number of amides is 1. The number of hydrogen-bond donors (Lipinski definition) is 1. The number of benzene rings is 2. The van der Waals surface area contributed by atoms with Crippen molar-refractivity contribution in [1.82, 2.24) is 25.0 Å². The summed E-state index contributed by atoms with van der Waals surface area (Å²) in [5, 5.41) is 7.81. The molecule has 0 aliphatic carbocycles. The Morgan fingerprint density at radius 3 is 2.55 bits per heavy atom. The Morgan fingerprint density at radius 2 is 1.86 bits per heavy atom. The van der Waals surface area contributed by atoms with E-state index in [1.807, 2.05) is 0 Å². The molecule has 0 aliphatic rings. The van der Waals surface area contributed by atoms with Crippen molar-refractivity contribution in [3.8, 4) is 11.3 Å². The van der Waals surface area contributed by atoms with Crippen molar-refractivity contribution in [1.29, 1.82) is 0 Å². The monoisotopic (exact) mass is 400 g/mol. The summed E-state index contributed by atoms with van der Waals surface area (Å²) in [7, 11) is 0. The van der Waals surface area contributed by atoms with Crippen molar-refractivity contribution in [2.24, 2.45) is 0 Å². The molecule has 1 N–H and O–H groups in total. The van der Waals surface area contributed by atoms with Gasteiger partial charge in [-0.25, -0.2) is 9.67 Å². The van der Waals surface area contributed by atoms with Crippen LogP contribution in [0.4, 0.5) is 18.9 Å². The summed E-state index contributed by atoms with van der Waals surface area (Å²) in [6.07, 6.45) is -1.45. The van der Waals surface area contributed by atoms with Crippen LogP contribution < -0.4 is 4.90 Å². The van der Waals surface area contributed by atoms with Crippen molar-refractivity contribution < 1.29 is 18.0 Å². The summed E-state index contributed by atoms with van der Waals surface area (Å²) in [5.74, 6) is -0.743. The topological polar surface area (TPSA) is 79.7 Å². The number of anilines is 1. The number of alkyl halides is 3. The standard InChI is InChI=1S/C19H15F3N6O/c20-19(21,22)11-27(14-7-5-13(6-8-14)16-9-23-12-24-16)18(29)10-28-17-4-2-1-3-15(17)25-26-28/h1-9,12H,10-11H2,(H,23,24). The number of H-pyrrole nitrogens is 1. The SMILES string of the molecule is O=C(Cn1nnc2ccccc21)N(CC(F)(F)F)c1ccc(-c2cnc[nH]2)cc1. The lowest BCUT2D eigenvalue weighted by molar-refractivity contribution is -0.132. The van der Waals surface area contributed by atoms with E-state index in [1.165, 1.54) is 23.1 Å². The van der Waals surface area contributed by atoms with Gasteiger partial charge in [0.05, 0.1) is 23.7 Å². The van der Waals surface area contributed by atoms with Crippen molar-refractivity contribution in [3.05, 3.63) is 61.1 Å². The number of rotatable bonds is 5. The largest absolute Gasteiger partial charge is 0.406 e. The van der Waals surface area contributed by atoms with Crippen LogP contribution in [0.15, 0.2) is 61.1 Å². The summed E-state index contributed by atoms with van der Waals surface area (Å²) < 4.78 is 40.7. The van der Waals surface area contributed by atoms with Crippen LogP contribution >= 0.6 is 0 Å². The van der Waals surface area contributed by atoms with Gasteiger partial charge in [0.2, 0.25) is 5.91 Å². The van der Waals surface area contributed by atoms with E-state index in [1.54, 1.807) is 42.6 Å². The molecule has 0 unspecified atom stereocenters. The maximum Gasteiger partial charge on any atom is 0.406 e. The van der Waals surface area contributed by atoms with E-state index in [0.717, 1.165) is 11.3 Å². The fraction of sp³-hybridized carbons (Fsp3) is 0.158. The number of fused-ring (bicyclic) bond motifs is 1. The van der Waals surface area contributed by atoms with Gasteiger partial charge < -0.3 is 9.88 Å². The van der Waals surface area contributed by atoms with E-state index in [4.69, 9.17) is 0 Å². The summed E-state index contributed by atoms with van der Waals surface area (Å²) in [4.78, 5) is 20.3. The second-order valence-electron chi connectivity index (χ2n) is 6.34. The molecule has 148 valence electrons. The Hall–Kier alpha value is -3.69. The molecular formula is C19H15F3N6O.